The molecular weight excluding hydrogens is 202 g/mol. The quantitative estimate of drug-likeness (QED) is 0.800. The van der Waals surface area contributed by atoms with Crippen LogP contribution in [-0.2, 0) is 4.79 Å². The molecule has 0 spiro atoms. The van der Waals surface area contributed by atoms with Crippen LogP contribution in [0.4, 0.5) is 0 Å². The van der Waals surface area contributed by atoms with Gasteiger partial charge in [-0.1, -0.05) is 27.7 Å². The summed E-state index contributed by atoms with van der Waals surface area (Å²) in [5.41, 5.74) is 0. The maximum Gasteiger partial charge on any atom is 0.225 e. The zero-order valence-electron chi connectivity index (χ0n) is 10.9. The Kier molecular flexibility index (Phi) is 4.78. The smallest absolute Gasteiger partial charge is 0.225 e. The summed E-state index contributed by atoms with van der Waals surface area (Å²) >= 11 is 0. The minimum atomic E-state index is -0.219. The standard InChI is InChI=1S/C13H25NO2/c1-5-11-8-14(7-6-12(11)15)13(16)10(4)9(2)3/h9-12,15H,5-8H2,1-4H3. The number of likely N-dealkylation sites (tertiary alicyclic amines) is 1. The highest BCUT2D eigenvalue weighted by Gasteiger charge is 2.31. The first-order valence-electron chi connectivity index (χ1n) is 6.44. The number of carbonyl (C=O) groups excluding carboxylic acids is 1. The highest BCUT2D eigenvalue weighted by atomic mass is 16.3. The van der Waals surface area contributed by atoms with Crippen LogP contribution in [0.5, 0.6) is 0 Å². The second-order valence-corrected chi connectivity index (χ2v) is 5.34. The molecule has 1 aliphatic rings. The minimum Gasteiger partial charge on any atom is -0.393 e. The Morgan fingerprint density at radius 2 is 2.06 bits per heavy atom. The number of piperidine rings is 1. The molecule has 0 saturated carbocycles. The van der Waals surface area contributed by atoms with Gasteiger partial charge in [-0.05, 0) is 18.8 Å². The molecule has 1 fully saturated rings. The SMILES string of the molecule is CCC1CN(C(=O)C(C)C(C)C)CCC1O. The van der Waals surface area contributed by atoms with Gasteiger partial charge in [-0.3, -0.25) is 4.79 Å². The Hall–Kier alpha value is -0.570. The third-order valence-electron chi connectivity index (χ3n) is 3.92. The van der Waals surface area contributed by atoms with Crippen molar-refractivity contribution >= 4 is 5.91 Å². The average Bonchev–Trinajstić information content (AvgIpc) is 2.27. The van der Waals surface area contributed by atoms with E-state index in [0.717, 1.165) is 19.4 Å². The zero-order valence-corrected chi connectivity index (χ0v) is 10.9. The first-order chi connectivity index (χ1) is 7.47. The number of rotatable bonds is 3. The van der Waals surface area contributed by atoms with Gasteiger partial charge in [0.2, 0.25) is 5.91 Å². The summed E-state index contributed by atoms with van der Waals surface area (Å²) in [7, 11) is 0. The molecule has 0 aromatic carbocycles. The van der Waals surface area contributed by atoms with Crippen LogP contribution >= 0.6 is 0 Å². The second-order valence-electron chi connectivity index (χ2n) is 5.34. The third-order valence-corrected chi connectivity index (χ3v) is 3.92. The Labute approximate surface area is 98.8 Å². The number of hydrogen-bond acceptors (Lipinski definition) is 2. The maximum absolute atomic E-state index is 12.2. The summed E-state index contributed by atoms with van der Waals surface area (Å²) in [5, 5.41) is 9.78. The van der Waals surface area contributed by atoms with Crippen molar-refractivity contribution in [3.05, 3.63) is 0 Å². The van der Waals surface area contributed by atoms with Crippen molar-refractivity contribution in [3.63, 3.8) is 0 Å². The van der Waals surface area contributed by atoms with E-state index in [0.29, 0.717) is 12.5 Å². The summed E-state index contributed by atoms with van der Waals surface area (Å²) in [6.07, 6.45) is 1.46. The Balaban J connectivity index is 2.58. The van der Waals surface area contributed by atoms with Gasteiger partial charge in [0.05, 0.1) is 6.10 Å². The van der Waals surface area contributed by atoms with E-state index in [-0.39, 0.29) is 23.8 Å². The second kappa shape index (κ2) is 5.67. The fourth-order valence-corrected chi connectivity index (χ4v) is 2.19. The molecule has 1 aliphatic heterocycles. The van der Waals surface area contributed by atoms with Crippen LogP contribution in [0.15, 0.2) is 0 Å². The number of hydrogen-bond donors (Lipinski definition) is 1. The van der Waals surface area contributed by atoms with Crippen LogP contribution in [0.3, 0.4) is 0 Å². The van der Waals surface area contributed by atoms with Crippen molar-refractivity contribution < 1.29 is 9.90 Å². The lowest BCUT2D eigenvalue weighted by Gasteiger charge is -2.37. The number of aliphatic hydroxyl groups is 1. The molecule has 0 aromatic rings. The van der Waals surface area contributed by atoms with Crippen molar-refractivity contribution in [2.75, 3.05) is 13.1 Å². The van der Waals surface area contributed by atoms with E-state index in [1.165, 1.54) is 0 Å². The van der Waals surface area contributed by atoms with Crippen molar-refractivity contribution in [1.82, 2.24) is 4.90 Å². The van der Waals surface area contributed by atoms with Gasteiger partial charge in [-0.25, -0.2) is 0 Å². The first-order valence-corrected chi connectivity index (χ1v) is 6.44. The van der Waals surface area contributed by atoms with Crippen molar-refractivity contribution in [1.29, 1.82) is 0 Å². The molecule has 0 bridgehead atoms. The van der Waals surface area contributed by atoms with Gasteiger partial charge >= 0.3 is 0 Å². The molecule has 1 heterocycles. The summed E-state index contributed by atoms with van der Waals surface area (Å²) in [6.45, 7) is 9.69. The van der Waals surface area contributed by atoms with Gasteiger partial charge < -0.3 is 10.0 Å². The molecule has 0 radical (unpaired) electrons. The molecular formula is C13H25NO2. The van der Waals surface area contributed by atoms with Gasteiger partial charge in [-0.2, -0.15) is 0 Å². The molecule has 94 valence electrons. The predicted molar refractivity (Wildman–Crippen MR) is 65.0 cm³/mol. The van der Waals surface area contributed by atoms with Crippen LogP contribution in [0.25, 0.3) is 0 Å². The summed E-state index contributed by atoms with van der Waals surface area (Å²) in [6, 6.07) is 0. The average molecular weight is 227 g/mol. The van der Waals surface area contributed by atoms with Crippen LogP contribution < -0.4 is 0 Å². The lowest BCUT2D eigenvalue weighted by molar-refractivity contribution is -0.140. The normalized spacial score (nSPS) is 28.2. The van der Waals surface area contributed by atoms with Gasteiger partial charge in [0.15, 0.2) is 0 Å². The first kappa shape index (κ1) is 13.5. The maximum atomic E-state index is 12.2. The minimum absolute atomic E-state index is 0.0905. The lowest BCUT2D eigenvalue weighted by Crippen LogP contribution is -2.48. The molecule has 3 unspecified atom stereocenters. The van der Waals surface area contributed by atoms with E-state index < -0.39 is 0 Å². The number of nitrogens with zero attached hydrogens (tertiary/aromatic N) is 1. The van der Waals surface area contributed by atoms with Crippen molar-refractivity contribution in [2.45, 2.75) is 46.6 Å². The Morgan fingerprint density at radius 1 is 1.44 bits per heavy atom. The highest BCUT2D eigenvalue weighted by molar-refractivity contribution is 5.78. The summed E-state index contributed by atoms with van der Waals surface area (Å²) in [4.78, 5) is 14.1. The largest absolute Gasteiger partial charge is 0.393 e. The van der Waals surface area contributed by atoms with Crippen molar-refractivity contribution in [3.8, 4) is 0 Å². The number of amides is 1. The topological polar surface area (TPSA) is 40.5 Å². The molecule has 1 saturated heterocycles. The van der Waals surface area contributed by atoms with E-state index >= 15 is 0 Å². The van der Waals surface area contributed by atoms with E-state index in [4.69, 9.17) is 0 Å². The van der Waals surface area contributed by atoms with Gasteiger partial charge in [0.25, 0.3) is 0 Å². The van der Waals surface area contributed by atoms with E-state index in [1.807, 2.05) is 11.8 Å². The van der Waals surface area contributed by atoms with E-state index in [9.17, 15) is 9.90 Å². The predicted octanol–water partition coefficient (Wildman–Crippen LogP) is 1.90. The van der Waals surface area contributed by atoms with Crippen molar-refractivity contribution in [2.24, 2.45) is 17.8 Å². The molecule has 1 amide bonds. The van der Waals surface area contributed by atoms with Gasteiger partial charge in [0.1, 0.15) is 0 Å². The fourth-order valence-electron chi connectivity index (χ4n) is 2.19. The lowest BCUT2D eigenvalue weighted by atomic mass is 9.90. The number of carbonyl (C=O) groups is 1. The summed E-state index contributed by atoms with van der Waals surface area (Å²) in [5.74, 6) is 0.990. The monoisotopic (exact) mass is 227 g/mol. The Bertz CT molecular complexity index is 240. The molecule has 0 aliphatic carbocycles. The molecule has 3 atom stereocenters. The Morgan fingerprint density at radius 3 is 2.56 bits per heavy atom. The zero-order chi connectivity index (χ0) is 12.3. The third kappa shape index (κ3) is 2.97. The molecule has 3 heteroatoms. The van der Waals surface area contributed by atoms with Crippen LogP contribution in [-0.4, -0.2) is 35.1 Å². The fraction of sp³-hybridized carbons (Fsp3) is 0.923. The molecule has 16 heavy (non-hydrogen) atoms. The van der Waals surface area contributed by atoms with E-state index in [2.05, 4.69) is 20.8 Å². The highest BCUT2D eigenvalue weighted by Crippen LogP contribution is 2.23. The van der Waals surface area contributed by atoms with E-state index in [1.54, 1.807) is 0 Å². The van der Waals surface area contributed by atoms with Crippen LogP contribution in [0.1, 0.15) is 40.5 Å². The molecule has 1 N–H and O–H groups in total. The molecule has 0 aromatic heterocycles. The summed E-state index contributed by atoms with van der Waals surface area (Å²) < 4.78 is 0. The van der Waals surface area contributed by atoms with Crippen LogP contribution in [0.2, 0.25) is 0 Å². The molecule has 1 rings (SSSR count). The van der Waals surface area contributed by atoms with Gasteiger partial charge in [-0.15, -0.1) is 0 Å². The van der Waals surface area contributed by atoms with Gasteiger partial charge in [0, 0.05) is 24.9 Å². The van der Waals surface area contributed by atoms with Crippen LogP contribution in [0, 0.1) is 17.8 Å². The molecule has 3 nitrogen and oxygen atoms in total. The number of aliphatic hydroxyl groups excluding tert-OH is 1.